The zero-order chi connectivity index (χ0) is 28.5. The Morgan fingerprint density at radius 2 is 1.45 bits per heavy atom. The minimum atomic E-state index is -1.21. The maximum Gasteiger partial charge on any atom is 0.408 e. The number of Topliss-reactive ketones (excluding diaryl/α,β-unsaturated/α-hetero) is 1. The summed E-state index contributed by atoms with van der Waals surface area (Å²) in [6, 6.07) is 25.5. The van der Waals surface area contributed by atoms with E-state index in [2.05, 4.69) is 20.7 Å². The number of amides is 1. The number of aromatic nitrogens is 4. The fourth-order valence-electron chi connectivity index (χ4n) is 3.82. The molecule has 0 saturated carbocycles. The second kappa shape index (κ2) is 12.8. The van der Waals surface area contributed by atoms with Crippen LogP contribution in [0.1, 0.15) is 32.8 Å². The van der Waals surface area contributed by atoms with Gasteiger partial charge in [0.25, 0.3) is 0 Å². The van der Waals surface area contributed by atoms with Gasteiger partial charge in [-0.1, -0.05) is 84.9 Å². The monoisotopic (exact) mass is 541 g/mol. The van der Waals surface area contributed by atoms with Crippen LogP contribution in [-0.2, 0) is 32.2 Å². The standard InChI is InChI=1S/C30H31N5O5/c1-30(2,3)40-27(37)18-25(31-29(38)39-20-21-10-6-4-7-11-21)26(36)19-35-33-28(32-34-35)24-16-14-23(15-17-24)22-12-8-5-9-13-22/h4-17,25H,18-20H2,1-3H3,(H,31,38). The maximum atomic E-state index is 13.2. The number of benzene rings is 3. The number of ketones is 1. The molecule has 206 valence electrons. The van der Waals surface area contributed by atoms with Crippen LogP contribution >= 0.6 is 0 Å². The number of tetrazole rings is 1. The highest BCUT2D eigenvalue weighted by Crippen LogP contribution is 2.22. The van der Waals surface area contributed by atoms with Crippen molar-refractivity contribution in [2.45, 2.75) is 52.0 Å². The van der Waals surface area contributed by atoms with Crippen molar-refractivity contribution in [1.29, 1.82) is 0 Å². The fourth-order valence-corrected chi connectivity index (χ4v) is 3.82. The van der Waals surface area contributed by atoms with E-state index < -0.39 is 29.5 Å². The van der Waals surface area contributed by atoms with Crippen molar-refractivity contribution in [2.75, 3.05) is 0 Å². The second-order valence-electron chi connectivity index (χ2n) is 10.1. The van der Waals surface area contributed by atoms with Crippen LogP contribution in [0, 0.1) is 0 Å². The third kappa shape index (κ3) is 8.32. The van der Waals surface area contributed by atoms with Crippen LogP contribution in [-0.4, -0.2) is 49.7 Å². The highest BCUT2D eigenvalue weighted by atomic mass is 16.6. The highest BCUT2D eigenvalue weighted by Gasteiger charge is 2.28. The van der Waals surface area contributed by atoms with Crippen molar-refractivity contribution < 1.29 is 23.9 Å². The van der Waals surface area contributed by atoms with Crippen molar-refractivity contribution in [2.24, 2.45) is 0 Å². The molecular weight excluding hydrogens is 510 g/mol. The van der Waals surface area contributed by atoms with Crippen LogP contribution in [0.25, 0.3) is 22.5 Å². The van der Waals surface area contributed by atoms with Crippen molar-refractivity contribution in [1.82, 2.24) is 25.5 Å². The van der Waals surface area contributed by atoms with E-state index in [0.717, 1.165) is 27.1 Å². The predicted octanol–water partition coefficient (Wildman–Crippen LogP) is 4.60. The smallest absolute Gasteiger partial charge is 0.408 e. The second-order valence-corrected chi connectivity index (χ2v) is 10.1. The van der Waals surface area contributed by atoms with E-state index >= 15 is 0 Å². The SMILES string of the molecule is CC(C)(C)OC(=O)CC(NC(=O)OCc1ccccc1)C(=O)Cn1nnc(-c2ccc(-c3ccccc3)cc2)n1. The van der Waals surface area contributed by atoms with Gasteiger partial charge >= 0.3 is 12.1 Å². The predicted molar refractivity (Wildman–Crippen MR) is 148 cm³/mol. The van der Waals surface area contributed by atoms with Crippen LogP contribution in [0.3, 0.4) is 0 Å². The molecular formula is C30H31N5O5. The number of carbonyl (C=O) groups excluding carboxylic acids is 3. The Kier molecular flexibility index (Phi) is 9.00. The Bertz CT molecular complexity index is 1430. The summed E-state index contributed by atoms with van der Waals surface area (Å²) >= 11 is 0. The van der Waals surface area contributed by atoms with Gasteiger partial charge in [0.05, 0.1) is 6.42 Å². The maximum absolute atomic E-state index is 13.2. The summed E-state index contributed by atoms with van der Waals surface area (Å²) in [6.07, 6.45) is -1.21. The lowest BCUT2D eigenvalue weighted by molar-refractivity contribution is -0.156. The molecule has 40 heavy (non-hydrogen) atoms. The van der Waals surface area contributed by atoms with E-state index in [0.29, 0.717) is 5.82 Å². The number of ether oxygens (including phenoxy) is 2. The highest BCUT2D eigenvalue weighted by molar-refractivity contribution is 5.90. The van der Waals surface area contributed by atoms with Crippen LogP contribution in [0.15, 0.2) is 84.9 Å². The number of nitrogens with zero attached hydrogens (tertiary/aromatic N) is 4. The van der Waals surface area contributed by atoms with Gasteiger partial charge in [0.1, 0.15) is 24.8 Å². The number of alkyl carbamates (subject to hydrolysis) is 1. The molecule has 1 N–H and O–H groups in total. The largest absolute Gasteiger partial charge is 0.460 e. The van der Waals surface area contributed by atoms with Gasteiger partial charge in [-0.25, -0.2) is 4.79 Å². The summed E-state index contributed by atoms with van der Waals surface area (Å²) in [5.74, 6) is -0.808. The van der Waals surface area contributed by atoms with E-state index in [-0.39, 0.29) is 19.6 Å². The number of esters is 1. The first-order valence-electron chi connectivity index (χ1n) is 12.8. The molecule has 1 aromatic heterocycles. The number of carbonyl (C=O) groups is 3. The molecule has 0 radical (unpaired) electrons. The number of nitrogens with one attached hydrogen (secondary N) is 1. The van der Waals surface area contributed by atoms with Gasteiger partial charge in [0, 0.05) is 5.56 Å². The first kappa shape index (κ1) is 28.2. The van der Waals surface area contributed by atoms with E-state index in [1.807, 2.05) is 72.8 Å². The Morgan fingerprint density at radius 1 is 0.850 bits per heavy atom. The third-order valence-corrected chi connectivity index (χ3v) is 5.68. The van der Waals surface area contributed by atoms with Gasteiger partial charge in [0.15, 0.2) is 5.78 Å². The van der Waals surface area contributed by atoms with Crippen molar-refractivity contribution in [3.05, 3.63) is 90.5 Å². The number of hydrogen-bond donors (Lipinski definition) is 1. The molecule has 10 nitrogen and oxygen atoms in total. The Hall–Kier alpha value is -4.86. The molecule has 0 fully saturated rings. The summed E-state index contributed by atoms with van der Waals surface area (Å²) < 4.78 is 10.6. The average molecular weight is 542 g/mol. The molecule has 3 aromatic carbocycles. The van der Waals surface area contributed by atoms with Crippen LogP contribution in [0.4, 0.5) is 4.79 Å². The summed E-state index contributed by atoms with van der Waals surface area (Å²) in [5.41, 5.74) is 2.89. The fraction of sp³-hybridized carbons (Fsp3) is 0.267. The van der Waals surface area contributed by atoms with Gasteiger partial charge in [-0.2, -0.15) is 4.80 Å². The van der Waals surface area contributed by atoms with Crippen LogP contribution in [0.2, 0.25) is 0 Å². The lowest BCUT2D eigenvalue weighted by Gasteiger charge is -2.22. The van der Waals surface area contributed by atoms with Gasteiger partial charge in [-0.15, -0.1) is 10.2 Å². The van der Waals surface area contributed by atoms with Crippen LogP contribution < -0.4 is 5.32 Å². The van der Waals surface area contributed by atoms with Crippen molar-refractivity contribution >= 4 is 17.8 Å². The first-order valence-corrected chi connectivity index (χ1v) is 12.8. The molecule has 0 saturated heterocycles. The molecule has 1 unspecified atom stereocenters. The van der Waals surface area contributed by atoms with E-state index in [1.165, 1.54) is 0 Å². The zero-order valence-electron chi connectivity index (χ0n) is 22.6. The molecule has 1 heterocycles. The molecule has 0 bridgehead atoms. The van der Waals surface area contributed by atoms with Gasteiger partial charge in [-0.05, 0) is 42.7 Å². The molecule has 1 amide bonds. The third-order valence-electron chi connectivity index (χ3n) is 5.68. The van der Waals surface area contributed by atoms with E-state index in [9.17, 15) is 14.4 Å². The molecule has 4 aromatic rings. The Morgan fingerprint density at radius 3 is 2.10 bits per heavy atom. The zero-order valence-corrected chi connectivity index (χ0v) is 22.6. The molecule has 0 aliphatic rings. The van der Waals surface area contributed by atoms with E-state index in [1.54, 1.807) is 32.9 Å². The summed E-state index contributed by atoms with van der Waals surface area (Å²) in [4.78, 5) is 39.3. The Labute approximate surface area is 232 Å². The molecule has 0 aliphatic heterocycles. The molecule has 10 heteroatoms. The first-order chi connectivity index (χ1) is 19.2. The molecule has 0 aliphatic carbocycles. The van der Waals surface area contributed by atoms with Crippen molar-refractivity contribution in [3.8, 4) is 22.5 Å². The normalized spacial score (nSPS) is 11.9. The van der Waals surface area contributed by atoms with Crippen LogP contribution in [0.5, 0.6) is 0 Å². The van der Waals surface area contributed by atoms with Crippen molar-refractivity contribution in [3.63, 3.8) is 0 Å². The topological polar surface area (TPSA) is 125 Å². The molecule has 0 spiro atoms. The summed E-state index contributed by atoms with van der Waals surface area (Å²) in [5, 5.41) is 14.8. The number of rotatable bonds is 10. The summed E-state index contributed by atoms with van der Waals surface area (Å²) in [7, 11) is 0. The average Bonchev–Trinajstić information content (AvgIpc) is 3.40. The minimum Gasteiger partial charge on any atom is -0.460 e. The molecule has 1 atom stereocenters. The lowest BCUT2D eigenvalue weighted by atomic mass is 10.0. The van der Waals surface area contributed by atoms with Gasteiger partial charge < -0.3 is 14.8 Å². The van der Waals surface area contributed by atoms with Gasteiger partial charge in [0.2, 0.25) is 5.82 Å². The molecule has 4 rings (SSSR count). The Balaban J connectivity index is 1.42. The quantitative estimate of drug-likeness (QED) is 0.289. The van der Waals surface area contributed by atoms with E-state index in [4.69, 9.17) is 9.47 Å². The van der Waals surface area contributed by atoms with Gasteiger partial charge in [-0.3, -0.25) is 9.59 Å². The number of hydrogen-bond acceptors (Lipinski definition) is 8. The summed E-state index contributed by atoms with van der Waals surface area (Å²) in [6.45, 7) is 4.85. The lowest BCUT2D eigenvalue weighted by Crippen LogP contribution is -2.45. The minimum absolute atomic E-state index is 0.0110.